The van der Waals surface area contributed by atoms with E-state index in [1.807, 2.05) is 38.1 Å². The summed E-state index contributed by atoms with van der Waals surface area (Å²) in [6.07, 6.45) is 2.18. The van der Waals surface area contributed by atoms with Crippen LogP contribution < -0.4 is 26.0 Å². The van der Waals surface area contributed by atoms with Gasteiger partial charge in [-0.15, -0.1) is 0 Å². The first-order valence-corrected chi connectivity index (χ1v) is 16.4. The Morgan fingerprint density at radius 1 is 0.812 bits per heavy atom. The molecule has 1 aliphatic heterocycles. The number of morpholine rings is 1. The van der Waals surface area contributed by atoms with Gasteiger partial charge >= 0.3 is 6.03 Å². The number of nitrogens with zero attached hydrogens (tertiary/aromatic N) is 2. The molecule has 1 aromatic heterocycles. The first-order chi connectivity index (χ1) is 23.4. The van der Waals surface area contributed by atoms with E-state index in [0.29, 0.717) is 28.4 Å². The van der Waals surface area contributed by atoms with Crippen LogP contribution >= 0.6 is 0 Å². The number of ether oxygens (including phenoxy) is 2. The molecular formula is C38H42N6O4. The highest BCUT2D eigenvalue weighted by Crippen LogP contribution is 2.27. The molecule has 10 nitrogen and oxygen atoms in total. The summed E-state index contributed by atoms with van der Waals surface area (Å²) >= 11 is 0. The van der Waals surface area contributed by atoms with Crippen LogP contribution in [-0.4, -0.2) is 66.8 Å². The van der Waals surface area contributed by atoms with E-state index in [1.54, 1.807) is 48.5 Å². The molecule has 0 saturated carbocycles. The second-order valence-corrected chi connectivity index (χ2v) is 12.1. The van der Waals surface area contributed by atoms with Crippen molar-refractivity contribution in [2.45, 2.75) is 26.4 Å². The summed E-state index contributed by atoms with van der Waals surface area (Å²) in [5.74, 6) is 1.06. The highest BCUT2D eigenvalue weighted by molar-refractivity contribution is 6.04. The molecule has 0 bridgehead atoms. The van der Waals surface area contributed by atoms with Gasteiger partial charge in [0.15, 0.2) is 0 Å². The maximum atomic E-state index is 13.1. The van der Waals surface area contributed by atoms with Crippen molar-refractivity contribution in [1.82, 2.24) is 20.1 Å². The molecule has 6 rings (SSSR count). The summed E-state index contributed by atoms with van der Waals surface area (Å²) in [5, 5.41) is 13.4. The van der Waals surface area contributed by atoms with Crippen LogP contribution in [0.1, 0.15) is 29.8 Å². The molecule has 10 heteroatoms. The number of rotatable bonds is 12. The molecule has 3 amide bonds. The van der Waals surface area contributed by atoms with Crippen molar-refractivity contribution in [3.05, 3.63) is 114 Å². The Kier molecular flexibility index (Phi) is 10.7. The average Bonchev–Trinajstić information content (AvgIpc) is 3.47. The number of hydrogen-bond donors (Lipinski definition) is 4. The van der Waals surface area contributed by atoms with Gasteiger partial charge in [0.2, 0.25) is 0 Å². The molecular weight excluding hydrogens is 604 g/mol. The van der Waals surface area contributed by atoms with Crippen LogP contribution in [0.15, 0.2) is 103 Å². The molecule has 0 spiro atoms. The minimum atomic E-state index is -0.255. The number of anilines is 2. The molecule has 0 radical (unpaired) electrons. The predicted octanol–water partition coefficient (Wildman–Crippen LogP) is 6.63. The second-order valence-electron chi connectivity index (χ2n) is 12.1. The molecule has 0 unspecified atom stereocenters. The molecule has 1 fully saturated rings. The lowest BCUT2D eigenvalue weighted by molar-refractivity contribution is 0.0384. The van der Waals surface area contributed by atoms with Crippen molar-refractivity contribution in [1.29, 1.82) is 0 Å². The molecule has 1 aliphatic rings. The lowest BCUT2D eigenvalue weighted by atomic mass is 10.1. The van der Waals surface area contributed by atoms with Gasteiger partial charge in [0.1, 0.15) is 11.5 Å². The van der Waals surface area contributed by atoms with E-state index in [9.17, 15) is 9.59 Å². The van der Waals surface area contributed by atoms with Gasteiger partial charge in [0, 0.05) is 73.0 Å². The van der Waals surface area contributed by atoms with E-state index in [1.165, 1.54) is 10.9 Å². The Bertz CT molecular complexity index is 1810. The number of carbonyl (C=O) groups is 2. The number of para-hydroxylation sites is 1. The van der Waals surface area contributed by atoms with Gasteiger partial charge < -0.3 is 35.3 Å². The van der Waals surface area contributed by atoms with Crippen LogP contribution in [0.5, 0.6) is 11.5 Å². The fraction of sp³-hybridized carbons (Fsp3) is 0.263. The third-order valence-corrected chi connectivity index (χ3v) is 8.11. The third kappa shape index (κ3) is 8.60. The van der Waals surface area contributed by atoms with Crippen molar-refractivity contribution in [3.8, 4) is 17.2 Å². The lowest BCUT2D eigenvalue weighted by Gasteiger charge is -2.26. The SMILES string of the molecule is CC(C)NC(=O)Nc1ccc(Oc2ccc(NC(=O)c3ccc(-n4cc(CNCCN5CCOCC5)c5ccccc54)cc3)cc2)cc1. The molecule has 4 aromatic carbocycles. The van der Waals surface area contributed by atoms with E-state index in [2.05, 4.69) is 61.2 Å². The van der Waals surface area contributed by atoms with Crippen molar-refractivity contribution < 1.29 is 19.1 Å². The van der Waals surface area contributed by atoms with E-state index in [4.69, 9.17) is 9.47 Å². The van der Waals surface area contributed by atoms with Crippen LogP contribution in [0.4, 0.5) is 16.2 Å². The van der Waals surface area contributed by atoms with Crippen LogP contribution in [0.2, 0.25) is 0 Å². The van der Waals surface area contributed by atoms with Gasteiger partial charge in [0.25, 0.3) is 5.91 Å². The summed E-state index contributed by atoms with van der Waals surface area (Å²) in [4.78, 5) is 27.4. The summed E-state index contributed by atoms with van der Waals surface area (Å²) in [5.41, 5.74) is 5.25. The van der Waals surface area contributed by atoms with Crippen molar-refractivity contribution >= 4 is 34.2 Å². The van der Waals surface area contributed by atoms with Crippen LogP contribution in [0.25, 0.3) is 16.6 Å². The Balaban J connectivity index is 1.03. The zero-order valence-corrected chi connectivity index (χ0v) is 27.4. The maximum absolute atomic E-state index is 13.1. The van der Waals surface area contributed by atoms with Crippen molar-refractivity contribution in [2.75, 3.05) is 50.0 Å². The normalized spacial score (nSPS) is 13.4. The van der Waals surface area contributed by atoms with Gasteiger partial charge in [-0.25, -0.2) is 4.79 Å². The molecule has 0 aliphatic carbocycles. The van der Waals surface area contributed by atoms with Crippen LogP contribution in [0, 0.1) is 0 Å². The van der Waals surface area contributed by atoms with Crippen LogP contribution in [-0.2, 0) is 11.3 Å². The standard InChI is InChI=1S/C38H42N6O4/c1-27(2)40-38(46)42-31-11-17-34(18-12-31)48-33-15-9-30(10-16-33)41-37(45)28-7-13-32(14-8-28)44-26-29(35-5-3-4-6-36(35)44)25-39-19-20-43-21-23-47-24-22-43/h3-18,26-27,39H,19-25H2,1-2H3,(H,41,45)(H2,40,42,46). The summed E-state index contributed by atoms with van der Waals surface area (Å²) in [7, 11) is 0. The van der Waals surface area contributed by atoms with Gasteiger partial charge in [-0.05, 0) is 98.3 Å². The van der Waals surface area contributed by atoms with Gasteiger partial charge in [-0.1, -0.05) is 18.2 Å². The third-order valence-electron chi connectivity index (χ3n) is 8.11. The number of fused-ring (bicyclic) bond motifs is 1. The number of amides is 3. The highest BCUT2D eigenvalue weighted by atomic mass is 16.5. The summed E-state index contributed by atoms with van der Waals surface area (Å²) in [6.45, 7) is 10.1. The van der Waals surface area contributed by atoms with Crippen molar-refractivity contribution in [3.63, 3.8) is 0 Å². The maximum Gasteiger partial charge on any atom is 0.319 e. The Labute approximate surface area is 281 Å². The molecule has 48 heavy (non-hydrogen) atoms. The fourth-order valence-electron chi connectivity index (χ4n) is 5.64. The Hall–Kier alpha value is -5.16. The highest BCUT2D eigenvalue weighted by Gasteiger charge is 2.13. The first-order valence-electron chi connectivity index (χ1n) is 16.4. The van der Waals surface area contributed by atoms with Crippen LogP contribution in [0.3, 0.4) is 0 Å². The zero-order chi connectivity index (χ0) is 33.3. The van der Waals surface area contributed by atoms with Gasteiger partial charge in [-0.3, -0.25) is 9.69 Å². The van der Waals surface area contributed by atoms with Gasteiger partial charge in [0.05, 0.1) is 18.7 Å². The summed E-state index contributed by atoms with van der Waals surface area (Å²) in [6, 6.07) is 30.2. The minimum Gasteiger partial charge on any atom is -0.457 e. The molecule has 1 saturated heterocycles. The quantitative estimate of drug-likeness (QED) is 0.113. The zero-order valence-electron chi connectivity index (χ0n) is 27.4. The molecule has 4 N–H and O–H groups in total. The minimum absolute atomic E-state index is 0.0512. The van der Waals surface area contributed by atoms with E-state index in [0.717, 1.165) is 57.1 Å². The second kappa shape index (κ2) is 15.6. The van der Waals surface area contributed by atoms with E-state index in [-0.39, 0.29) is 18.0 Å². The number of nitrogens with one attached hydrogen (secondary N) is 4. The average molecular weight is 647 g/mol. The predicted molar refractivity (Wildman–Crippen MR) is 190 cm³/mol. The molecule has 248 valence electrons. The molecule has 5 aromatic rings. The lowest BCUT2D eigenvalue weighted by Crippen LogP contribution is -2.40. The smallest absolute Gasteiger partial charge is 0.319 e. The topological polar surface area (TPSA) is 109 Å². The van der Waals surface area contributed by atoms with Gasteiger partial charge in [-0.2, -0.15) is 0 Å². The number of aromatic nitrogens is 1. The number of benzene rings is 4. The Morgan fingerprint density at radius 3 is 2.12 bits per heavy atom. The fourth-order valence-corrected chi connectivity index (χ4v) is 5.64. The molecule has 2 heterocycles. The Morgan fingerprint density at radius 2 is 1.46 bits per heavy atom. The number of carbonyl (C=O) groups excluding carboxylic acids is 2. The first kappa shape index (κ1) is 32.8. The monoisotopic (exact) mass is 646 g/mol. The van der Waals surface area contributed by atoms with E-state index >= 15 is 0 Å². The summed E-state index contributed by atoms with van der Waals surface area (Å²) < 4.78 is 13.6. The van der Waals surface area contributed by atoms with E-state index < -0.39 is 0 Å². The largest absolute Gasteiger partial charge is 0.457 e. The molecule has 0 atom stereocenters. The number of hydrogen-bond acceptors (Lipinski definition) is 6. The van der Waals surface area contributed by atoms with Crippen molar-refractivity contribution in [2.24, 2.45) is 0 Å². The number of urea groups is 1.